The average Bonchev–Trinajstić information content (AvgIpc) is 2.80. The molecular formula is C24H32FN3O5S. The number of hydrogen-bond donors (Lipinski definition) is 1. The molecule has 8 nitrogen and oxygen atoms in total. The number of rotatable bonds is 11. The Morgan fingerprint density at radius 1 is 1.12 bits per heavy atom. The van der Waals surface area contributed by atoms with Crippen LogP contribution in [0.3, 0.4) is 0 Å². The first-order chi connectivity index (χ1) is 16.0. The molecule has 2 rings (SSSR count). The van der Waals surface area contributed by atoms with Crippen LogP contribution in [0.1, 0.15) is 32.8 Å². The number of halogens is 1. The van der Waals surface area contributed by atoms with Gasteiger partial charge < -0.3 is 15.0 Å². The van der Waals surface area contributed by atoms with Crippen molar-refractivity contribution in [2.24, 2.45) is 0 Å². The van der Waals surface area contributed by atoms with E-state index >= 15 is 0 Å². The third-order valence-corrected chi connectivity index (χ3v) is 6.58. The first-order valence-corrected chi connectivity index (χ1v) is 12.8. The lowest BCUT2D eigenvalue weighted by Gasteiger charge is -2.32. The molecule has 2 amide bonds. The van der Waals surface area contributed by atoms with Gasteiger partial charge in [0.25, 0.3) is 0 Å². The predicted molar refractivity (Wildman–Crippen MR) is 129 cm³/mol. The maximum atomic E-state index is 14.4. The van der Waals surface area contributed by atoms with Gasteiger partial charge >= 0.3 is 0 Å². The summed E-state index contributed by atoms with van der Waals surface area (Å²) >= 11 is 0. The Morgan fingerprint density at radius 2 is 1.79 bits per heavy atom. The smallest absolute Gasteiger partial charge is 0.244 e. The summed E-state index contributed by atoms with van der Waals surface area (Å²) in [6, 6.07) is 11.3. The van der Waals surface area contributed by atoms with Gasteiger partial charge in [0.2, 0.25) is 21.8 Å². The van der Waals surface area contributed by atoms with Crippen LogP contribution in [0.25, 0.3) is 0 Å². The van der Waals surface area contributed by atoms with Crippen LogP contribution in [-0.2, 0) is 26.2 Å². The van der Waals surface area contributed by atoms with Gasteiger partial charge in [-0.15, -0.1) is 0 Å². The fourth-order valence-corrected chi connectivity index (χ4v) is 4.11. The maximum Gasteiger partial charge on any atom is 0.244 e. The minimum atomic E-state index is -4.00. The Labute approximate surface area is 200 Å². The summed E-state index contributed by atoms with van der Waals surface area (Å²) < 4.78 is 45.3. The Kier molecular flexibility index (Phi) is 9.43. The van der Waals surface area contributed by atoms with Crippen molar-refractivity contribution in [2.75, 3.05) is 24.2 Å². The third kappa shape index (κ3) is 7.18. The number of hydrogen-bond acceptors (Lipinski definition) is 5. The zero-order valence-electron chi connectivity index (χ0n) is 20.1. The van der Waals surface area contributed by atoms with Crippen LogP contribution in [0.2, 0.25) is 0 Å². The molecule has 2 aromatic rings. The number of ether oxygens (including phenoxy) is 1. The fraction of sp³-hybridized carbons (Fsp3) is 0.417. The van der Waals surface area contributed by atoms with Crippen molar-refractivity contribution in [3.05, 3.63) is 59.9 Å². The van der Waals surface area contributed by atoms with Gasteiger partial charge in [-0.25, -0.2) is 12.8 Å². The summed E-state index contributed by atoms with van der Waals surface area (Å²) in [7, 11) is -2.48. The van der Waals surface area contributed by atoms with Gasteiger partial charge in [-0.2, -0.15) is 0 Å². The van der Waals surface area contributed by atoms with Gasteiger partial charge in [0.15, 0.2) is 0 Å². The van der Waals surface area contributed by atoms with Crippen LogP contribution in [0, 0.1) is 5.82 Å². The number of benzene rings is 2. The van der Waals surface area contributed by atoms with Crippen LogP contribution in [-0.4, -0.2) is 57.1 Å². The predicted octanol–water partition coefficient (Wildman–Crippen LogP) is 2.93. The topological polar surface area (TPSA) is 96.0 Å². The van der Waals surface area contributed by atoms with E-state index in [1.54, 1.807) is 31.2 Å². The van der Waals surface area contributed by atoms with E-state index in [1.165, 1.54) is 30.2 Å². The molecule has 0 heterocycles. The Balaban J connectivity index is 2.41. The van der Waals surface area contributed by atoms with Gasteiger partial charge in [0, 0.05) is 12.6 Å². The zero-order valence-corrected chi connectivity index (χ0v) is 20.9. The molecule has 0 saturated heterocycles. The second kappa shape index (κ2) is 11.8. The number of nitrogens with one attached hydrogen (secondary N) is 1. The summed E-state index contributed by atoms with van der Waals surface area (Å²) in [4.78, 5) is 27.6. The highest BCUT2D eigenvalue weighted by Crippen LogP contribution is 2.22. The van der Waals surface area contributed by atoms with Gasteiger partial charge in [0.05, 0.1) is 19.1 Å². The number of anilines is 1. The Morgan fingerprint density at radius 3 is 2.38 bits per heavy atom. The van der Waals surface area contributed by atoms with Crippen molar-refractivity contribution in [2.45, 2.75) is 45.8 Å². The van der Waals surface area contributed by atoms with Crippen LogP contribution < -0.4 is 14.4 Å². The molecule has 0 aliphatic heterocycles. The molecule has 0 aromatic heterocycles. The molecule has 0 aliphatic rings. The molecule has 34 heavy (non-hydrogen) atoms. The highest BCUT2D eigenvalue weighted by atomic mass is 32.2. The average molecular weight is 494 g/mol. The molecule has 0 spiro atoms. The molecule has 0 fully saturated rings. The lowest BCUT2D eigenvalue weighted by Crippen LogP contribution is -2.52. The van der Waals surface area contributed by atoms with E-state index < -0.39 is 34.3 Å². The quantitative estimate of drug-likeness (QED) is 0.519. The van der Waals surface area contributed by atoms with Crippen molar-refractivity contribution in [3.8, 4) is 5.75 Å². The maximum absolute atomic E-state index is 14.4. The van der Waals surface area contributed by atoms with E-state index in [1.807, 2.05) is 13.8 Å². The molecule has 0 bridgehead atoms. The molecule has 1 N–H and O–H groups in total. The summed E-state index contributed by atoms with van der Waals surface area (Å²) in [5, 5.41) is 2.85. The molecule has 0 unspecified atom stereocenters. The van der Waals surface area contributed by atoms with E-state index in [0.717, 1.165) is 12.3 Å². The van der Waals surface area contributed by atoms with Gasteiger partial charge in [-0.05, 0) is 50.1 Å². The standard InChI is InChI=1S/C24H32FN3O5S/c1-6-17(2)26-24(30)18(3)27(15-19-10-9-11-20(14-19)33-4)23(29)16-28(34(5,31)32)22-13-8-7-12-21(22)25/h7-14,17-18H,6,15-16H2,1-5H3,(H,26,30)/t17-,18-/m1/s1. The van der Waals surface area contributed by atoms with Crippen LogP contribution in [0.15, 0.2) is 48.5 Å². The van der Waals surface area contributed by atoms with Crippen molar-refractivity contribution < 1.29 is 27.1 Å². The first kappa shape index (κ1) is 27.1. The van der Waals surface area contributed by atoms with Gasteiger partial charge in [-0.1, -0.05) is 31.2 Å². The number of amides is 2. The van der Waals surface area contributed by atoms with E-state index in [4.69, 9.17) is 4.74 Å². The monoisotopic (exact) mass is 493 g/mol. The number of nitrogens with zero attached hydrogens (tertiary/aromatic N) is 2. The van der Waals surface area contributed by atoms with Gasteiger partial charge in [0.1, 0.15) is 24.2 Å². The van der Waals surface area contributed by atoms with Crippen LogP contribution in [0.4, 0.5) is 10.1 Å². The van der Waals surface area contributed by atoms with Crippen molar-refractivity contribution in [1.29, 1.82) is 0 Å². The molecule has 0 aliphatic carbocycles. The zero-order chi connectivity index (χ0) is 25.5. The minimum absolute atomic E-state index is 0.0278. The highest BCUT2D eigenvalue weighted by Gasteiger charge is 2.31. The second-order valence-corrected chi connectivity index (χ2v) is 9.99. The lowest BCUT2D eigenvalue weighted by atomic mass is 10.1. The van der Waals surface area contributed by atoms with E-state index in [-0.39, 0.29) is 24.2 Å². The summed E-state index contributed by atoms with van der Waals surface area (Å²) in [6.07, 6.45) is 1.61. The SMILES string of the molecule is CC[C@@H](C)NC(=O)[C@@H](C)N(Cc1cccc(OC)c1)C(=O)CN(c1ccccc1F)S(C)(=O)=O. The normalized spacial score (nSPS) is 13.0. The van der Waals surface area contributed by atoms with Crippen LogP contribution in [0.5, 0.6) is 5.75 Å². The highest BCUT2D eigenvalue weighted by molar-refractivity contribution is 7.92. The van der Waals surface area contributed by atoms with E-state index in [0.29, 0.717) is 22.0 Å². The second-order valence-electron chi connectivity index (χ2n) is 8.09. The number of methoxy groups -OCH3 is 1. The Bertz CT molecular complexity index is 1110. The number of carbonyl (C=O) groups is 2. The van der Waals surface area contributed by atoms with Crippen molar-refractivity contribution in [3.63, 3.8) is 0 Å². The summed E-state index contributed by atoms with van der Waals surface area (Å²) in [6.45, 7) is 4.71. The number of para-hydroxylation sites is 1. The number of carbonyl (C=O) groups excluding carboxylic acids is 2. The molecule has 0 saturated carbocycles. The summed E-state index contributed by atoms with van der Waals surface area (Å²) in [5.41, 5.74) is 0.448. The molecule has 2 aromatic carbocycles. The van der Waals surface area contributed by atoms with Crippen LogP contribution >= 0.6 is 0 Å². The van der Waals surface area contributed by atoms with Crippen molar-refractivity contribution >= 4 is 27.5 Å². The molecule has 186 valence electrons. The summed E-state index contributed by atoms with van der Waals surface area (Å²) in [5.74, 6) is -1.22. The van der Waals surface area contributed by atoms with Gasteiger partial charge in [-0.3, -0.25) is 13.9 Å². The Hall–Kier alpha value is -3.14. The minimum Gasteiger partial charge on any atom is -0.497 e. The van der Waals surface area contributed by atoms with E-state index in [9.17, 15) is 22.4 Å². The van der Waals surface area contributed by atoms with E-state index in [2.05, 4.69) is 5.32 Å². The lowest BCUT2D eigenvalue weighted by molar-refractivity contribution is -0.139. The fourth-order valence-electron chi connectivity index (χ4n) is 3.26. The molecule has 2 atom stereocenters. The first-order valence-electron chi connectivity index (χ1n) is 10.9. The molecule has 0 radical (unpaired) electrons. The number of sulfonamides is 1. The third-order valence-electron chi connectivity index (χ3n) is 5.46. The largest absolute Gasteiger partial charge is 0.497 e. The van der Waals surface area contributed by atoms with Crippen molar-refractivity contribution in [1.82, 2.24) is 10.2 Å². The molecular weight excluding hydrogens is 461 g/mol. The molecule has 10 heteroatoms.